The molecule has 0 bridgehead atoms. The SMILES string of the molecule is O=C(O)[C@@H]1N[C@H](c2ccccc2O)[C@@H]2C(=O)N(c3ccc(Br)cc3)C(=O)[C@@H]21. The van der Waals surface area contributed by atoms with Crippen molar-refractivity contribution in [3.05, 3.63) is 58.6 Å². The highest BCUT2D eigenvalue weighted by atomic mass is 79.9. The van der Waals surface area contributed by atoms with E-state index in [-0.39, 0.29) is 5.75 Å². The van der Waals surface area contributed by atoms with Gasteiger partial charge in [-0.2, -0.15) is 0 Å². The van der Waals surface area contributed by atoms with Crippen LogP contribution in [0.25, 0.3) is 0 Å². The zero-order valence-corrected chi connectivity index (χ0v) is 15.5. The number of aromatic hydroxyl groups is 1. The molecule has 3 N–H and O–H groups in total. The van der Waals surface area contributed by atoms with Crippen LogP contribution in [0.2, 0.25) is 0 Å². The monoisotopic (exact) mass is 430 g/mol. The number of phenolic OH excluding ortho intramolecular Hbond substituents is 1. The van der Waals surface area contributed by atoms with Crippen molar-refractivity contribution in [1.29, 1.82) is 0 Å². The number of rotatable bonds is 3. The number of aliphatic carboxylic acids is 1. The van der Waals surface area contributed by atoms with Crippen LogP contribution < -0.4 is 10.2 Å². The molecule has 2 aromatic rings. The lowest BCUT2D eigenvalue weighted by Crippen LogP contribution is -2.43. The molecule has 8 heteroatoms. The first-order chi connectivity index (χ1) is 12.9. The molecule has 2 heterocycles. The first-order valence-electron chi connectivity index (χ1n) is 8.30. The number of para-hydroxylation sites is 1. The van der Waals surface area contributed by atoms with E-state index in [4.69, 9.17) is 0 Å². The second-order valence-electron chi connectivity index (χ2n) is 6.56. The minimum atomic E-state index is -1.21. The molecule has 2 amide bonds. The molecule has 4 atom stereocenters. The molecule has 0 radical (unpaired) electrons. The summed E-state index contributed by atoms with van der Waals surface area (Å²) in [4.78, 5) is 38.9. The first-order valence-corrected chi connectivity index (χ1v) is 9.09. The molecular formula is C19H15BrN2O5. The van der Waals surface area contributed by atoms with Crippen molar-refractivity contribution in [3.63, 3.8) is 0 Å². The molecule has 7 nitrogen and oxygen atoms in total. The summed E-state index contributed by atoms with van der Waals surface area (Å²) in [5.41, 5.74) is 0.790. The molecule has 0 aliphatic carbocycles. The van der Waals surface area contributed by atoms with Crippen molar-refractivity contribution >= 4 is 39.4 Å². The van der Waals surface area contributed by atoms with Crippen LogP contribution in [0.4, 0.5) is 5.69 Å². The highest BCUT2D eigenvalue weighted by Crippen LogP contribution is 2.46. The van der Waals surface area contributed by atoms with Crippen LogP contribution in [0.15, 0.2) is 53.0 Å². The topological polar surface area (TPSA) is 107 Å². The van der Waals surface area contributed by atoms with Crippen LogP contribution in [0.3, 0.4) is 0 Å². The van der Waals surface area contributed by atoms with E-state index in [1.807, 2.05) is 0 Å². The van der Waals surface area contributed by atoms with Crippen LogP contribution in [0.1, 0.15) is 11.6 Å². The van der Waals surface area contributed by atoms with E-state index in [2.05, 4.69) is 21.2 Å². The number of carboxylic acid groups (broad SMARTS) is 1. The standard InChI is InChI=1S/C19H15BrN2O5/c20-9-5-7-10(8-6-9)22-17(24)13-14(18(22)25)16(19(26)27)21-15(13)11-3-1-2-4-12(11)23/h1-8,13-16,21,23H,(H,26,27)/t13-,14+,15-,16-/m1/s1. The van der Waals surface area contributed by atoms with E-state index in [1.165, 1.54) is 6.07 Å². The maximum atomic E-state index is 13.1. The summed E-state index contributed by atoms with van der Waals surface area (Å²) in [6.07, 6.45) is 0. The van der Waals surface area contributed by atoms with E-state index in [1.54, 1.807) is 42.5 Å². The second kappa shape index (κ2) is 6.47. The van der Waals surface area contributed by atoms with Crippen molar-refractivity contribution in [2.75, 3.05) is 4.90 Å². The van der Waals surface area contributed by atoms with E-state index < -0.39 is 41.7 Å². The third-order valence-electron chi connectivity index (χ3n) is 5.10. The number of nitrogens with zero attached hydrogens (tertiary/aromatic N) is 1. The number of halogens is 1. The third kappa shape index (κ3) is 2.72. The van der Waals surface area contributed by atoms with Crippen molar-refractivity contribution in [1.82, 2.24) is 5.32 Å². The Labute approximate surface area is 162 Å². The Bertz CT molecular complexity index is 945. The Balaban J connectivity index is 1.79. The molecule has 0 saturated carbocycles. The zero-order valence-electron chi connectivity index (χ0n) is 13.9. The van der Waals surface area contributed by atoms with Crippen LogP contribution in [0, 0.1) is 11.8 Å². The number of benzene rings is 2. The van der Waals surface area contributed by atoms with Gasteiger partial charge >= 0.3 is 5.97 Å². The Kier molecular flexibility index (Phi) is 4.24. The van der Waals surface area contributed by atoms with Crippen molar-refractivity contribution in [2.24, 2.45) is 11.8 Å². The van der Waals surface area contributed by atoms with Crippen molar-refractivity contribution in [2.45, 2.75) is 12.1 Å². The molecule has 27 heavy (non-hydrogen) atoms. The van der Waals surface area contributed by atoms with Crippen LogP contribution >= 0.6 is 15.9 Å². The fourth-order valence-corrected chi connectivity index (χ4v) is 4.18. The van der Waals surface area contributed by atoms with Gasteiger partial charge in [-0.25, -0.2) is 4.90 Å². The maximum Gasteiger partial charge on any atom is 0.321 e. The van der Waals surface area contributed by atoms with E-state index in [9.17, 15) is 24.6 Å². The van der Waals surface area contributed by atoms with E-state index in [0.717, 1.165) is 9.37 Å². The summed E-state index contributed by atoms with van der Waals surface area (Å²) in [5, 5.41) is 22.6. The van der Waals surface area contributed by atoms with E-state index in [0.29, 0.717) is 11.3 Å². The second-order valence-corrected chi connectivity index (χ2v) is 7.47. The number of nitrogens with one attached hydrogen (secondary N) is 1. The highest BCUT2D eigenvalue weighted by molar-refractivity contribution is 9.10. The number of amides is 2. The van der Waals surface area contributed by atoms with Gasteiger partial charge < -0.3 is 10.2 Å². The van der Waals surface area contributed by atoms with Gasteiger partial charge in [0.15, 0.2) is 0 Å². The summed E-state index contributed by atoms with van der Waals surface area (Å²) >= 11 is 3.31. The molecule has 2 fully saturated rings. The predicted octanol–water partition coefficient (Wildman–Crippen LogP) is 2.06. The van der Waals surface area contributed by atoms with Gasteiger partial charge in [0.2, 0.25) is 11.8 Å². The lowest BCUT2D eigenvalue weighted by Gasteiger charge is -2.22. The summed E-state index contributed by atoms with van der Waals surface area (Å²) in [5.74, 6) is -4.23. The summed E-state index contributed by atoms with van der Waals surface area (Å²) in [7, 11) is 0. The number of carbonyl (C=O) groups is 3. The number of anilines is 1. The van der Waals surface area contributed by atoms with Gasteiger partial charge in [-0.15, -0.1) is 0 Å². The number of carboxylic acids is 1. The lowest BCUT2D eigenvalue weighted by atomic mass is 9.86. The number of hydrogen-bond donors (Lipinski definition) is 3. The molecule has 2 aliphatic rings. The molecule has 2 aliphatic heterocycles. The van der Waals surface area contributed by atoms with E-state index >= 15 is 0 Å². The number of fused-ring (bicyclic) bond motifs is 1. The minimum absolute atomic E-state index is 0.0536. The summed E-state index contributed by atoms with van der Waals surface area (Å²) < 4.78 is 0.794. The summed E-state index contributed by atoms with van der Waals surface area (Å²) in [6, 6.07) is 11.1. The fourth-order valence-electron chi connectivity index (χ4n) is 3.92. The Morgan fingerprint density at radius 1 is 1.00 bits per heavy atom. The maximum absolute atomic E-state index is 13.1. The highest BCUT2D eigenvalue weighted by Gasteiger charge is 2.61. The Morgan fingerprint density at radius 3 is 2.26 bits per heavy atom. The third-order valence-corrected chi connectivity index (χ3v) is 5.63. The fraction of sp³-hybridized carbons (Fsp3) is 0.211. The average molecular weight is 431 g/mol. The van der Waals surface area contributed by atoms with Gasteiger partial charge in [0, 0.05) is 16.1 Å². The van der Waals surface area contributed by atoms with Gasteiger partial charge in [-0.05, 0) is 30.3 Å². The Hall–Kier alpha value is -2.71. The zero-order chi connectivity index (χ0) is 19.3. The van der Waals surface area contributed by atoms with Gasteiger partial charge in [-0.1, -0.05) is 34.1 Å². The molecule has 0 spiro atoms. The molecule has 2 aromatic carbocycles. The van der Waals surface area contributed by atoms with Crippen LogP contribution in [0.5, 0.6) is 5.75 Å². The normalized spacial score (nSPS) is 27.1. The molecule has 0 unspecified atom stereocenters. The van der Waals surface area contributed by atoms with Gasteiger partial charge in [0.1, 0.15) is 11.8 Å². The molecule has 0 aromatic heterocycles. The molecule has 138 valence electrons. The smallest absolute Gasteiger partial charge is 0.321 e. The molecule has 2 saturated heterocycles. The van der Waals surface area contributed by atoms with Gasteiger partial charge in [0.25, 0.3) is 0 Å². The lowest BCUT2D eigenvalue weighted by molar-refractivity contribution is -0.142. The average Bonchev–Trinajstić information content (AvgIpc) is 3.14. The van der Waals surface area contributed by atoms with Crippen LogP contribution in [-0.2, 0) is 14.4 Å². The Morgan fingerprint density at radius 2 is 1.63 bits per heavy atom. The largest absolute Gasteiger partial charge is 0.508 e. The minimum Gasteiger partial charge on any atom is -0.508 e. The predicted molar refractivity (Wildman–Crippen MR) is 99.0 cm³/mol. The number of imide groups is 1. The van der Waals surface area contributed by atoms with Gasteiger partial charge in [-0.3, -0.25) is 19.7 Å². The quantitative estimate of drug-likeness (QED) is 0.643. The molecule has 4 rings (SSSR count). The first kappa shape index (κ1) is 17.7. The molecular weight excluding hydrogens is 416 g/mol. The van der Waals surface area contributed by atoms with Gasteiger partial charge in [0.05, 0.1) is 17.5 Å². The summed E-state index contributed by atoms with van der Waals surface area (Å²) in [6.45, 7) is 0. The number of phenols is 1. The number of hydrogen-bond acceptors (Lipinski definition) is 5. The number of carbonyl (C=O) groups excluding carboxylic acids is 2. The van der Waals surface area contributed by atoms with Crippen molar-refractivity contribution in [3.8, 4) is 5.75 Å². The van der Waals surface area contributed by atoms with Crippen LogP contribution in [-0.4, -0.2) is 34.0 Å². The van der Waals surface area contributed by atoms with Crippen molar-refractivity contribution < 1.29 is 24.6 Å².